The number of fused-ring (bicyclic) bond motifs is 2. The van der Waals surface area contributed by atoms with E-state index in [1.165, 1.54) is 0 Å². The quantitative estimate of drug-likeness (QED) is 0.821. The van der Waals surface area contributed by atoms with Crippen molar-refractivity contribution in [3.8, 4) is 23.0 Å². The highest BCUT2D eigenvalue weighted by atomic mass is 16.7. The molecule has 2 saturated heterocycles. The molecule has 0 amide bonds. The Morgan fingerprint density at radius 2 is 1.37 bits per heavy atom. The van der Waals surface area contributed by atoms with Crippen LogP contribution in [0.2, 0.25) is 0 Å². The van der Waals surface area contributed by atoms with Gasteiger partial charge in [-0.3, -0.25) is 0 Å². The lowest BCUT2D eigenvalue weighted by Crippen LogP contribution is -2.14. The third-order valence-electron chi connectivity index (χ3n) is 5.73. The normalized spacial score (nSPS) is 28.2. The lowest BCUT2D eigenvalue weighted by molar-refractivity contribution is 0.0191. The summed E-state index contributed by atoms with van der Waals surface area (Å²) in [4.78, 5) is 0. The Morgan fingerprint density at radius 3 is 2.07 bits per heavy atom. The van der Waals surface area contributed by atoms with Gasteiger partial charge < -0.3 is 28.4 Å². The van der Waals surface area contributed by atoms with E-state index in [0.29, 0.717) is 30.8 Å². The van der Waals surface area contributed by atoms with E-state index >= 15 is 0 Å². The zero-order valence-electron chi connectivity index (χ0n) is 15.3. The smallest absolute Gasteiger partial charge is 0.231 e. The second kappa shape index (κ2) is 6.62. The van der Waals surface area contributed by atoms with Crippen molar-refractivity contribution in [2.45, 2.75) is 12.2 Å². The lowest BCUT2D eigenvalue weighted by Gasteiger charge is -2.18. The van der Waals surface area contributed by atoms with Crippen molar-refractivity contribution in [2.75, 3.05) is 34.2 Å². The Labute approximate surface area is 157 Å². The zero-order chi connectivity index (χ0) is 18.4. The molecule has 2 fully saturated rings. The van der Waals surface area contributed by atoms with E-state index in [4.69, 9.17) is 28.4 Å². The van der Waals surface area contributed by atoms with Crippen LogP contribution >= 0.6 is 0 Å². The van der Waals surface area contributed by atoms with Gasteiger partial charge in [-0.25, -0.2) is 0 Å². The summed E-state index contributed by atoms with van der Waals surface area (Å²) in [5.41, 5.74) is 2.21. The number of rotatable bonds is 4. The molecular formula is C21H22O6. The first-order chi connectivity index (χ1) is 13.3. The summed E-state index contributed by atoms with van der Waals surface area (Å²) in [6.07, 6.45) is 0.00320. The van der Waals surface area contributed by atoms with E-state index in [-0.39, 0.29) is 19.0 Å². The van der Waals surface area contributed by atoms with Gasteiger partial charge in [0.05, 0.1) is 39.6 Å². The van der Waals surface area contributed by atoms with Crippen LogP contribution in [-0.4, -0.2) is 34.2 Å². The summed E-state index contributed by atoms with van der Waals surface area (Å²) in [6.45, 7) is 1.62. The molecule has 0 aromatic heterocycles. The molecule has 6 heteroatoms. The minimum Gasteiger partial charge on any atom is -0.493 e. The SMILES string of the molecule is COc1ccc([C@@H]2OC[C@H]3[C@H]2CO[C@@H]3c2ccc3c(c2)OCO3)cc1OC. The minimum absolute atomic E-state index is 0.00573. The summed E-state index contributed by atoms with van der Waals surface area (Å²) < 4.78 is 34.1. The fourth-order valence-electron chi connectivity index (χ4n) is 4.35. The highest BCUT2D eigenvalue weighted by Gasteiger charge is 2.48. The molecule has 2 aromatic carbocycles. The van der Waals surface area contributed by atoms with Gasteiger partial charge in [-0.05, 0) is 35.4 Å². The largest absolute Gasteiger partial charge is 0.493 e. The number of methoxy groups -OCH3 is 2. The van der Waals surface area contributed by atoms with Gasteiger partial charge in [-0.15, -0.1) is 0 Å². The molecule has 4 atom stereocenters. The lowest BCUT2D eigenvalue weighted by atomic mass is 9.85. The fourth-order valence-corrected chi connectivity index (χ4v) is 4.35. The molecule has 0 aliphatic carbocycles. The van der Waals surface area contributed by atoms with Gasteiger partial charge >= 0.3 is 0 Å². The van der Waals surface area contributed by atoms with Gasteiger partial charge in [-0.1, -0.05) is 12.1 Å². The summed E-state index contributed by atoms with van der Waals surface area (Å²) >= 11 is 0. The van der Waals surface area contributed by atoms with Crippen LogP contribution in [0.25, 0.3) is 0 Å². The average molecular weight is 370 g/mol. The Hall–Kier alpha value is -2.44. The van der Waals surface area contributed by atoms with Crippen molar-refractivity contribution in [3.63, 3.8) is 0 Å². The Morgan fingerprint density at radius 1 is 0.741 bits per heavy atom. The summed E-state index contributed by atoms with van der Waals surface area (Å²) in [7, 11) is 3.29. The first kappa shape index (κ1) is 16.7. The highest BCUT2D eigenvalue weighted by Crippen LogP contribution is 2.51. The molecule has 6 nitrogen and oxygen atoms in total. The molecule has 27 heavy (non-hydrogen) atoms. The molecule has 0 unspecified atom stereocenters. The third-order valence-corrected chi connectivity index (χ3v) is 5.73. The molecule has 0 N–H and O–H groups in total. The Balaban J connectivity index is 1.39. The maximum atomic E-state index is 6.19. The summed E-state index contributed by atoms with van der Waals surface area (Å²) in [6, 6.07) is 12.0. The van der Waals surface area contributed by atoms with Crippen LogP contribution in [0.1, 0.15) is 23.3 Å². The first-order valence-corrected chi connectivity index (χ1v) is 9.13. The average Bonchev–Trinajstić information content (AvgIpc) is 3.42. The van der Waals surface area contributed by atoms with Gasteiger partial charge in [0.15, 0.2) is 23.0 Å². The van der Waals surface area contributed by atoms with Crippen molar-refractivity contribution >= 4 is 0 Å². The van der Waals surface area contributed by atoms with E-state index in [9.17, 15) is 0 Å². The molecule has 0 spiro atoms. The minimum atomic E-state index is -0.00573. The van der Waals surface area contributed by atoms with Crippen molar-refractivity contribution in [2.24, 2.45) is 11.8 Å². The maximum Gasteiger partial charge on any atom is 0.231 e. The monoisotopic (exact) mass is 370 g/mol. The molecule has 3 aliphatic rings. The highest BCUT2D eigenvalue weighted by molar-refractivity contribution is 5.46. The second-order valence-electron chi connectivity index (χ2n) is 7.06. The molecule has 3 aliphatic heterocycles. The fraction of sp³-hybridized carbons (Fsp3) is 0.429. The van der Waals surface area contributed by atoms with Crippen LogP contribution in [0.3, 0.4) is 0 Å². The standard InChI is InChI=1S/C21H22O6/c1-22-16-5-3-12(7-18(16)23-2)20-14-9-25-21(15(14)10-24-20)13-4-6-17-19(8-13)27-11-26-17/h3-8,14-15,20-21H,9-11H2,1-2H3/t14-,15+,20+,21-/m1/s1. The van der Waals surface area contributed by atoms with Crippen LogP contribution in [0.5, 0.6) is 23.0 Å². The molecule has 0 bridgehead atoms. The van der Waals surface area contributed by atoms with Gasteiger partial charge in [0.25, 0.3) is 0 Å². The topological polar surface area (TPSA) is 55.4 Å². The predicted octanol–water partition coefficient (Wildman–Crippen LogP) is 3.51. The molecule has 3 heterocycles. The molecule has 5 rings (SSSR count). The van der Waals surface area contributed by atoms with E-state index in [0.717, 1.165) is 28.4 Å². The number of hydrogen-bond acceptors (Lipinski definition) is 6. The summed E-state index contributed by atoms with van der Waals surface area (Å²) in [5.74, 6) is 3.63. The molecule has 2 aromatic rings. The van der Waals surface area contributed by atoms with E-state index in [1.807, 2.05) is 30.3 Å². The van der Waals surface area contributed by atoms with Crippen LogP contribution in [0.15, 0.2) is 36.4 Å². The van der Waals surface area contributed by atoms with Gasteiger partial charge in [0.1, 0.15) is 0 Å². The molecule has 142 valence electrons. The van der Waals surface area contributed by atoms with E-state index in [1.54, 1.807) is 14.2 Å². The number of hydrogen-bond donors (Lipinski definition) is 0. The van der Waals surface area contributed by atoms with Gasteiger partial charge in [0.2, 0.25) is 6.79 Å². The van der Waals surface area contributed by atoms with E-state index < -0.39 is 0 Å². The van der Waals surface area contributed by atoms with E-state index in [2.05, 4.69) is 6.07 Å². The number of ether oxygens (including phenoxy) is 6. The van der Waals surface area contributed by atoms with Crippen LogP contribution < -0.4 is 18.9 Å². The number of benzene rings is 2. The first-order valence-electron chi connectivity index (χ1n) is 9.13. The Kier molecular flexibility index (Phi) is 4.10. The van der Waals surface area contributed by atoms with Crippen LogP contribution in [0.4, 0.5) is 0 Å². The predicted molar refractivity (Wildman–Crippen MR) is 96.5 cm³/mol. The molecular weight excluding hydrogens is 348 g/mol. The van der Waals surface area contributed by atoms with Crippen molar-refractivity contribution < 1.29 is 28.4 Å². The zero-order valence-corrected chi connectivity index (χ0v) is 15.3. The van der Waals surface area contributed by atoms with Crippen molar-refractivity contribution in [3.05, 3.63) is 47.5 Å². The van der Waals surface area contributed by atoms with Crippen LogP contribution in [0, 0.1) is 11.8 Å². The van der Waals surface area contributed by atoms with Gasteiger partial charge in [-0.2, -0.15) is 0 Å². The maximum absolute atomic E-state index is 6.19. The van der Waals surface area contributed by atoms with Crippen molar-refractivity contribution in [1.29, 1.82) is 0 Å². The van der Waals surface area contributed by atoms with Gasteiger partial charge in [0, 0.05) is 11.8 Å². The Bertz CT molecular complexity index is 851. The molecule has 0 radical (unpaired) electrons. The summed E-state index contributed by atoms with van der Waals surface area (Å²) in [5, 5.41) is 0. The molecule has 0 saturated carbocycles. The third kappa shape index (κ3) is 2.71. The van der Waals surface area contributed by atoms with Crippen LogP contribution in [-0.2, 0) is 9.47 Å². The second-order valence-corrected chi connectivity index (χ2v) is 7.06. The van der Waals surface area contributed by atoms with Crippen molar-refractivity contribution in [1.82, 2.24) is 0 Å².